The van der Waals surface area contributed by atoms with Gasteiger partial charge in [0.05, 0.1) is 0 Å². The molecule has 0 bridgehead atoms. The van der Waals surface area contributed by atoms with Gasteiger partial charge in [0.25, 0.3) is 0 Å². The van der Waals surface area contributed by atoms with E-state index >= 15 is 0 Å². The third-order valence-electron chi connectivity index (χ3n) is 4.88. The van der Waals surface area contributed by atoms with Crippen LogP contribution in [0.25, 0.3) is 11.4 Å². The number of rotatable bonds is 7. The topological polar surface area (TPSA) is 68.0 Å². The summed E-state index contributed by atoms with van der Waals surface area (Å²) in [6.45, 7) is 0. The monoisotopic (exact) mass is 411 g/mol. The number of amides is 1. The number of hydrogen-bond donors (Lipinski definition) is 1. The van der Waals surface area contributed by atoms with Crippen molar-refractivity contribution < 1.29 is 13.7 Å². The molecule has 0 saturated heterocycles. The number of benzene rings is 2. The molecule has 0 spiro atoms. The summed E-state index contributed by atoms with van der Waals surface area (Å²) >= 11 is 1.93. The molecule has 150 valence electrons. The van der Waals surface area contributed by atoms with Crippen LogP contribution in [0.3, 0.4) is 0 Å². The van der Waals surface area contributed by atoms with E-state index in [0.29, 0.717) is 23.7 Å². The lowest BCUT2D eigenvalue weighted by Crippen LogP contribution is -2.12. The van der Waals surface area contributed by atoms with Crippen LogP contribution in [0, 0.1) is 5.82 Å². The minimum absolute atomic E-state index is 0.109. The Hall–Kier alpha value is -2.67. The van der Waals surface area contributed by atoms with Gasteiger partial charge in [-0.1, -0.05) is 18.0 Å². The molecule has 2 aromatic carbocycles. The first kappa shape index (κ1) is 19.6. The maximum Gasteiger partial charge on any atom is 0.227 e. The molecule has 0 aliphatic heterocycles. The summed E-state index contributed by atoms with van der Waals surface area (Å²) in [5, 5.41) is 7.51. The number of aryl methyl sites for hydroxylation is 1. The van der Waals surface area contributed by atoms with E-state index in [1.807, 2.05) is 23.9 Å². The molecular weight excluding hydrogens is 389 g/mol. The Bertz CT molecular complexity index is 951. The zero-order valence-electron chi connectivity index (χ0n) is 15.9. The fraction of sp³-hybridized carbons (Fsp3) is 0.318. The minimum atomic E-state index is -0.320. The highest BCUT2D eigenvalue weighted by Gasteiger charge is 2.16. The SMILES string of the molecule is O=C(CCc1nc(-c2ccc(F)cc2)no1)Nc1ccc(SC2CCCC2)cc1. The summed E-state index contributed by atoms with van der Waals surface area (Å²) in [5.41, 5.74) is 1.45. The van der Waals surface area contributed by atoms with Gasteiger partial charge in [0.15, 0.2) is 0 Å². The zero-order chi connectivity index (χ0) is 20.1. The van der Waals surface area contributed by atoms with Gasteiger partial charge in [0.2, 0.25) is 17.6 Å². The maximum absolute atomic E-state index is 13.0. The first-order valence-electron chi connectivity index (χ1n) is 9.81. The Morgan fingerprint density at radius 1 is 1.10 bits per heavy atom. The molecular formula is C22H22FN3O2S. The summed E-state index contributed by atoms with van der Waals surface area (Å²) in [5.74, 6) is 0.334. The number of carbonyl (C=O) groups excluding carboxylic acids is 1. The van der Waals surface area contributed by atoms with E-state index in [1.54, 1.807) is 12.1 Å². The van der Waals surface area contributed by atoms with Crippen LogP contribution in [-0.4, -0.2) is 21.3 Å². The third kappa shape index (κ3) is 5.44. The first-order valence-corrected chi connectivity index (χ1v) is 10.7. The Kier molecular flexibility index (Phi) is 6.24. The van der Waals surface area contributed by atoms with Gasteiger partial charge in [-0.05, 0) is 61.4 Å². The molecule has 0 atom stereocenters. The van der Waals surface area contributed by atoms with E-state index in [0.717, 1.165) is 10.9 Å². The molecule has 1 aromatic heterocycles. The predicted molar refractivity (Wildman–Crippen MR) is 111 cm³/mol. The average molecular weight is 412 g/mol. The number of nitrogens with zero attached hydrogens (tertiary/aromatic N) is 2. The molecule has 5 nitrogen and oxygen atoms in total. The van der Waals surface area contributed by atoms with E-state index < -0.39 is 0 Å². The second-order valence-electron chi connectivity index (χ2n) is 7.12. The van der Waals surface area contributed by atoms with Gasteiger partial charge < -0.3 is 9.84 Å². The molecule has 1 saturated carbocycles. The van der Waals surface area contributed by atoms with Crippen molar-refractivity contribution in [1.29, 1.82) is 0 Å². The van der Waals surface area contributed by atoms with Gasteiger partial charge >= 0.3 is 0 Å². The van der Waals surface area contributed by atoms with Gasteiger partial charge in [-0.25, -0.2) is 4.39 Å². The second kappa shape index (κ2) is 9.22. The van der Waals surface area contributed by atoms with Crippen molar-refractivity contribution in [2.75, 3.05) is 5.32 Å². The Labute approximate surface area is 173 Å². The van der Waals surface area contributed by atoms with Crippen LogP contribution in [0.1, 0.15) is 38.0 Å². The molecule has 0 radical (unpaired) electrons. The predicted octanol–water partition coefficient (Wildman–Crippen LogP) is 5.48. The van der Waals surface area contributed by atoms with Crippen LogP contribution >= 0.6 is 11.8 Å². The standard InChI is InChI=1S/C22H22FN3O2S/c23-16-7-5-15(6-8-16)22-25-21(28-26-22)14-13-20(27)24-17-9-11-19(12-10-17)29-18-3-1-2-4-18/h5-12,18H,1-4,13-14H2,(H,24,27). The van der Waals surface area contributed by atoms with Crippen LogP contribution in [0.2, 0.25) is 0 Å². The van der Waals surface area contributed by atoms with Crippen LogP contribution in [0.5, 0.6) is 0 Å². The van der Waals surface area contributed by atoms with Crippen molar-refractivity contribution in [3.8, 4) is 11.4 Å². The smallest absolute Gasteiger partial charge is 0.227 e. The minimum Gasteiger partial charge on any atom is -0.339 e. The van der Waals surface area contributed by atoms with Gasteiger partial charge in [0.1, 0.15) is 5.82 Å². The van der Waals surface area contributed by atoms with E-state index in [1.165, 1.54) is 42.7 Å². The van der Waals surface area contributed by atoms with Crippen LogP contribution < -0.4 is 5.32 Å². The second-order valence-corrected chi connectivity index (χ2v) is 8.49. The highest BCUT2D eigenvalue weighted by Crippen LogP contribution is 2.34. The molecule has 4 rings (SSSR count). The molecule has 7 heteroatoms. The molecule has 1 N–H and O–H groups in total. The first-order chi connectivity index (χ1) is 14.2. The lowest BCUT2D eigenvalue weighted by atomic mass is 10.2. The van der Waals surface area contributed by atoms with Crippen LogP contribution in [-0.2, 0) is 11.2 Å². The molecule has 1 fully saturated rings. The molecule has 29 heavy (non-hydrogen) atoms. The average Bonchev–Trinajstić information content (AvgIpc) is 3.41. The summed E-state index contributed by atoms with van der Waals surface area (Å²) in [6, 6.07) is 13.9. The summed E-state index contributed by atoms with van der Waals surface area (Å²) in [7, 11) is 0. The fourth-order valence-electron chi connectivity index (χ4n) is 3.33. The van der Waals surface area contributed by atoms with E-state index in [-0.39, 0.29) is 18.1 Å². The van der Waals surface area contributed by atoms with Crippen molar-refractivity contribution in [3.05, 3.63) is 60.2 Å². The van der Waals surface area contributed by atoms with Crippen LogP contribution in [0.4, 0.5) is 10.1 Å². The number of aromatic nitrogens is 2. The Balaban J connectivity index is 1.26. The third-order valence-corrected chi connectivity index (χ3v) is 6.23. The molecule has 0 unspecified atom stereocenters. The summed E-state index contributed by atoms with van der Waals surface area (Å²) < 4.78 is 18.2. The van der Waals surface area contributed by atoms with Crippen molar-refractivity contribution in [1.82, 2.24) is 10.1 Å². The highest BCUT2D eigenvalue weighted by molar-refractivity contribution is 8.00. The number of thioether (sulfide) groups is 1. The van der Waals surface area contributed by atoms with Crippen molar-refractivity contribution in [2.45, 2.75) is 48.7 Å². The van der Waals surface area contributed by atoms with Crippen LogP contribution in [0.15, 0.2) is 57.9 Å². The van der Waals surface area contributed by atoms with E-state index in [9.17, 15) is 9.18 Å². The quantitative estimate of drug-likeness (QED) is 0.557. The van der Waals surface area contributed by atoms with E-state index in [2.05, 4.69) is 27.6 Å². The van der Waals surface area contributed by atoms with Gasteiger partial charge in [-0.3, -0.25) is 4.79 Å². The lowest BCUT2D eigenvalue weighted by molar-refractivity contribution is -0.116. The van der Waals surface area contributed by atoms with E-state index in [4.69, 9.17) is 4.52 Å². The normalized spacial score (nSPS) is 14.2. The molecule has 1 aliphatic rings. The maximum atomic E-state index is 13.0. The molecule has 3 aromatic rings. The molecule has 1 aliphatic carbocycles. The molecule has 1 heterocycles. The van der Waals surface area contributed by atoms with Gasteiger partial charge in [0, 0.05) is 34.2 Å². The fourth-order valence-corrected chi connectivity index (χ4v) is 4.58. The summed E-state index contributed by atoms with van der Waals surface area (Å²) in [6.07, 6.45) is 5.83. The van der Waals surface area contributed by atoms with Gasteiger partial charge in [-0.2, -0.15) is 4.98 Å². The largest absolute Gasteiger partial charge is 0.339 e. The van der Waals surface area contributed by atoms with Gasteiger partial charge in [-0.15, -0.1) is 11.8 Å². The number of carbonyl (C=O) groups is 1. The molecule has 1 amide bonds. The lowest BCUT2D eigenvalue weighted by Gasteiger charge is -2.09. The number of hydrogen-bond acceptors (Lipinski definition) is 5. The summed E-state index contributed by atoms with van der Waals surface area (Å²) in [4.78, 5) is 17.7. The Morgan fingerprint density at radius 2 is 1.83 bits per heavy atom. The Morgan fingerprint density at radius 3 is 2.55 bits per heavy atom. The zero-order valence-corrected chi connectivity index (χ0v) is 16.8. The van der Waals surface area contributed by atoms with Crippen molar-refractivity contribution in [2.24, 2.45) is 0 Å². The highest BCUT2D eigenvalue weighted by atomic mass is 32.2. The number of halogens is 1. The number of anilines is 1. The van der Waals surface area contributed by atoms with Crippen molar-refractivity contribution >= 4 is 23.4 Å². The van der Waals surface area contributed by atoms with Crippen molar-refractivity contribution in [3.63, 3.8) is 0 Å². The number of nitrogens with one attached hydrogen (secondary N) is 1.